The summed E-state index contributed by atoms with van der Waals surface area (Å²) in [5, 5.41) is 28.8. The molecule has 9 nitrogen and oxygen atoms in total. The number of aliphatic hydroxyl groups is 1. The quantitative estimate of drug-likeness (QED) is 0.640. The smallest absolute Gasteiger partial charge is 0.196 e. The van der Waals surface area contributed by atoms with Crippen molar-refractivity contribution in [3.63, 3.8) is 0 Å². The van der Waals surface area contributed by atoms with Crippen LogP contribution in [0.3, 0.4) is 0 Å². The molecular formula is C17H20N8O+. The summed E-state index contributed by atoms with van der Waals surface area (Å²) < 4.78 is 1.86. The zero-order chi connectivity index (χ0) is 18.4. The maximum absolute atomic E-state index is 8.98. The minimum absolute atomic E-state index is 0.0809. The third-order valence-electron chi connectivity index (χ3n) is 3.49. The van der Waals surface area contributed by atoms with E-state index in [1.54, 1.807) is 5.01 Å². The van der Waals surface area contributed by atoms with Crippen LogP contribution in [-0.2, 0) is 6.54 Å². The summed E-state index contributed by atoms with van der Waals surface area (Å²) in [4.78, 5) is 0. The van der Waals surface area contributed by atoms with E-state index >= 15 is 0 Å². The highest BCUT2D eigenvalue weighted by atomic mass is 16.3. The Morgan fingerprint density at radius 1 is 1.04 bits per heavy atom. The van der Waals surface area contributed by atoms with Gasteiger partial charge in [0.05, 0.1) is 17.1 Å². The molecule has 0 aliphatic carbocycles. The van der Waals surface area contributed by atoms with E-state index in [0.29, 0.717) is 23.6 Å². The molecule has 9 heteroatoms. The molecule has 1 aliphatic rings. The van der Waals surface area contributed by atoms with Gasteiger partial charge in [0.1, 0.15) is 12.3 Å². The first kappa shape index (κ1) is 17.6. The fourth-order valence-corrected chi connectivity index (χ4v) is 2.26. The van der Waals surface area contributed by atoms with Crippen LogP contribution >= 0.6 is 0 Å². The van der Waals surface area contributed by atoms with Gasteiger partial charge in [-0.25, -0.2) is 4.57 Å². The number of nitrogens with zero attached hydrogens (tertiary/aromatic N) is 8. The number of rotatable bonds is 6. The van der Waals surface area contributed by atoms with Crippen LogP contribution in [0.2, 0.25) is 0 Å². The third-order valence-corrected chi connectivity index (χ3v) is 3.49. The monoisotopic (exact) mass is 352 g/mol. The number of hydrogen-bond acceptors (Lipinski definition) is 6. The van der Waals surface area contributed by atoms with E-state index in [1.165, 1.54) is 5.12 Å². The summed E-state index contributed by atoms with van der Waals surface area (Å²) in [6, 6.07) is 11.0. The molecule has 0 bridgehead atoms. The Labute approximate surface area is 151 Å². The van der Waals surface area contributed by atoms with Gasteiger partial charge in [0.15, 0.2) is 18.9 Å². The summed E-state index contributed by atoms with van der Waals surface area (Å²) in [5.41, 5.74) is 7.16. The van der Waals surface area contributed by atoms with Crippen molar-refractivity contribution < 1.29 is 9.67 Å². The Morgan fingerprint density at radius 3 is 2.38 bits per heavy atom. The lowest BCUT2D eigenvalue weighted by Crippen LogP contribution is -2.34. The normalized spacial score (nSPS) is 14.7. The van der Waals surface area contributed by atoms with Gasteiger partial charge in [0, 0.05) is 24.8 Å². The molecule has 26 heavy (non-hydrogen) atoms. The predicted molar refractivity (Wildman–Crippen MR) is 94.3 cm³/mol. The Kier molecular flexibility index (Phi) is 5.62. The molecule has 0 amide bonds. The molecule has 0 saturated carbocycles. The van der Waals surface area contributed by atoms with Crippen molar-refractivity contribution in [3.05, 3.63) is 60.7 Å². The lowest BCUT2D eigenvalue weighted by molar-refractivity contribution is -0.697. The van der Waals surface area contributed by atoms with Crippen molar-refractivity contribution >= 4 is 17.1 Å². The van der Waals surface area contributed by atoms with E-state index in [0.717, 1.165) is 5.70 Å². The first-order valence-corrected chi connectivity index (χ1v) is 8.10. The van der Waals surface area contributed by atoms with Crippen molar-refractivity contribution in [1.29, 1.82) is 0 Å². The Bertz CT molecular complexity index is 831. The molecule has 0 saturated heterocycles. The van der Waals surface area contributed by atoms with Crippen LogP contribution in [0.5, 0.6) is 0 Å². The van der Waals surface area contributed by atoms with Gasteiger partial charge in [-0.3, -0.25) is 5.01 Å². The SMILES string of the molecule is CC1=CN(C)[N]N1N=Nc1ccc(N=Nc2ccc[n+](CCO)c2)cc1. The molecule has 1 aliphatic heterocycles. The number of azo groups is 1. The lowest BCUT2D eigenvalue weighted by atomic mass is 10.3. The fourth-order valence-electron chi connectivity index (χ4n) is 2.26. The van der Waals surface area contributed by atoms with Gasteiger partial charge >= 0.3 is 0 Å². The Morgan fingerprint density at radius 2 is 1.73 bits per heavy atom. The van der Waals surface area contributed by atoms with E-state index in [9.17, 15) is 0 Å². The second-order valence-corrected chi connectivity index (χ2v) is 5.65. The number of hydrogen-bond donors (Lipinski definition) is 1. The van der Waals surface area contributed by atoms with Crippen LogP contribution in [0.1, 0.15) is 6.92 Å². The van der Waals surface area contributed by atoms with Crippen LogP contribution in [0.4, 0.5) is 17.1 Å². The zero-order valence-electron chi connectivity index (χ0n) is 14.6. The van der Waals surface area contributed by atoms with Crippen molar-refractivity contribution in [3.8, 4) is 0 Å². The molecule has 0 unspecified atom stereocenters. The molecule has 0 atom stereocenters. The second-order valence-electron chi connectivity index (χ2n) is 5.65. The largest absolute Gasteiger partial charge is 0.390 e. The van der Waals surface area contributed by atoms with E-state index in [-0.39, 0.29) is 6.61 Å². The molecule has 1 aromatic carbocycles. The topological polar surface area (TPSA) is 94.1 Å². The van der Waals surface area contributed by atoms with Gasteiger partial charge in [-0.1, -0.05) is 0 Å². The van der Waals surface area contributed by atoms with Gasteiger partial charge < -0.3 is 5.11 Å². The minimum Gasteiger partial charge on any atom is -0.390 e. The molecule has 1 N–H and O–H groups in total. The zero-order valence-corrected chi connectivity index (χ0v) is 14.6. The Hall–Kier alpha value is -3.17. The average Bonchev–Trinajstić information content (AvgIpc) is 2.97. The van der Waals surface area contributed by atoms with E-state index in [4.69, 9.17) is 5.11 Å². The van der Waals surface area contributed by atoms with Crippen molar-refractivity contribution in [2.45, 2.75) is 13.5 Å². The number of allylic oxidation sites excluding steroid dienone is 1. The number of aromatic nitrogens is 1. The summed E-state index contributed by atoms with van der Waals surface area (Å²) in [5.74, 6) is 0. The van der Waals surface area contributed by atoms with Crippen LogP contribution in [0, 0.1) is 0 Å². The standard InChI is InChI=1S/C17H20N8O/c1-14-12-23(2)22-25(14)21-20-16-7-5-15(6-8-16)18-19-17-4-3-9-24(13-17)10-11-26/h3-9,12-13,26H,10-11H2,1-2H3/q+1. The minimum atomic E-state index is 0.0809. The molecule has 0 fully saturated rings. The van der Waals surface area contributed by atoms with Crippen LogP contribution in [-0.4, -0.2) is 28.9 Å². The third kappa shape index (κ3) is 4.68. The lowest BCUT2D eigenvalue weighted by Gasteiger charge is -2.10. The maximum atomic E-state index is 8.98. The van der Waals surface area contributed by atoms with Crippen LogP contribution < -0.4 is 10.1 Å². The highest BCUT2D eigenvalue weighted by Gasteiger charge is 2.15. The van der Waals surface area contributed by atoms with Crippen molar-refractivity contribution in [1.82, 2.24) is 15.7 Å². The maximum Gasteiger partial charge on any atom is 0.196 e. The number of pyridine rings is 1. The summed E-state index contributed by atoms with van der Waals surface area (Å²) in [7, 11) is 1.83. The molecule has 133 valence electrons. The molecule has 1 radical (unpaired) electrons. The van der Waals surface area contributed by atoms with Crippen LogP contribution in [0.15, 0.2) is 81.3 Å². The molecule has 3 rings (SSSR count). The van der Waals surface area contributed by atoms with Gasteiger partial charge in [-0.05, 0) is 42.5 Å². The summed E-state index contributed by atoms with van der Waals surface area (Å²) in [6.07, 6.45) is 5.56. The van der Waals surface area contributed by atoms with E-state index in [1.807, 2.05) is 73.5 Å². The molecule has 2 aromatic rings. The predicted octanol–water partition coefficient (Wildman–Crippen LogP) is 2.92. The second kappa shape index (κ2) is 8.28. The Balaban J connectivity index is 1.62. The van der Waals surface area contributed by atoms with Crippen molar-refractivity contribution in [2.24, 2.45) is 20.6 Å². The van der Waals surface area contributed by atoms with Crippen molar-refractivity contribution in [2.75, 3.05) is 13.7 Å². The number of benzene rings is 1. The highest BCUT2D eigenvalue weighted by molar-refractivity contribution is 5.47. The van der Waals surface area contributed by atoms with Gasteiger partial charge in [-0.2, -0.15) is 5.11 Å². The van der Waals surface area contributed by atoms with E-state index < -0.39 is 0 Å². The summed E-state index contributed by atoms with van der Waals surface area (Å²) in [6.45, 7) is 2.51. The van der Waals surface area contributed by atoms with Gasteiger partial charge in [0.25, 0.3) is 0 Å². The first-order valence-electron chi connectivity index (χ1n) is 8.10. The first-order chi connectivity index (χ1) is 12.6. The molecule has 0 spiro atoms. The van der Waals surface area contributed by atoms with E-state index in [2.05, 4.69) is 26.1 Å². The van der Waals surface area contributed by atoms with Gasteiger partial charge in [-0.15, -0.1) is 15.3 Å². The summed E-state index contributed by atoms with van der Waals surface area (Å²) >= 11 is 0. The fraction of sp³-hybridized carbons (Fsp3) is 0.235. The molecule has 1 aromatic heterocycles. The average molecular weight is 352 g/mol. The van der Waals surface area contributed by atoms with Gasteiger partial charge in [0.2, 0.25) is 0 Å². The van der Waals surface area contributed by atoms with Crippen LogP contribution in [0.25, 0.3) is 0 Å². The highest BCUT2D eigenvalue weighted by Crippen LogP contribution is 2.22. The molecule has 2 heterocycles. The number of aliphatic hydroxyl groups excluding tert-OH is 1. The molecular weight excluding hydrogens is 332 g/mol.